The third-order valence-corrected chi connectivity index (χ3v) is 8.69. The molecule has 0 heterocycles. The normalized spacial score (nSPS) is 13.7. The van der Waals surface area contributed by atoms with Crippen molar-refractivity contribution in [3.8, 4) is 11.1 Å². The van der Waals surface area contributed by atoms with Crippen molar-refractivity contribution in [2.75, 3.05) is 17.2 Å². The van der Waals surface area contributed by atoms with Crippen molar-refractivity contribution in [3.05, 3.63) is 90.5 Å². The summed E-state index contributed by atoms with van der Waals surface area (Å²) in [6.07, 6.45) is 1.57. The van der Waals surface area contributed by atoms with Crippen molar-refractivity contribution in [1.29, 1.82) is 0 Å². The van der Waals surface area contributed by atoms with Gasteiger partial charge in [-0.1, -0.05) is 86.6 Å². The van der Waals surface area contributed by atoms with Gasteiger partial charge in [0.05, 0.1) is 0 Å². The maximum atomic E-state index is 13.9. The first-order chi connectivity index (χ1) is 18.1. The monoisotopic (exact) mass is 551 g/mol. The van der Waals surface area contributed by atoms with Crippen LogP contribution in [-0.2, 0) is 20.6 Å². The van der Waals surface area contributed by atoms with Gasteiger partial charge in [-0.2, -0.15) is 0 Å². The summed E-state index contributed by atoms with van der Waals surface area (Å²) in [4.78, 5) is 38.0. The molecule has 0 aromatic heterocycles. The number of carbonyl (C=O) groups is 2. The molecule has 2 N–H and O–H groups in total. The number of rotatable bonds is 13. The van der Waals surface area contributed by atoms with Crippen molar-refractivity contribution in [1.82, 2.24) is 0 Å². The number of carboxylic acid groups (broad SMARTS) is 1. The van der Waals surface area contributed by atoms with Crippen molar-refractivity contribution >= 4 is 62.7 Å². The van der Waals surface area contributed by atoms with Crippen molar-refractivity contribution in [2.24, 2.45) is 11.8 Å². The summed E-state index contributed by atoms with van der Waals surface area (Å²) in [5.74, 6) is -2.24. The zero-order valence-corrected chi connectivity index (χ0v) is 23.3. The fourth-order valence-electron chi connectivity index (χ4n) is 4.73. The summed E-state index contributed by atoms with van der Waals surface area (Å²) in [5, 5.41) is 9.82. The SMILES string of the molecule is CC(C)CC(CP(=O)(O)CCCc1ccccc1)C(=O)N(c1ccc(-c2ccccc2)cc1)[C@@H](C)C(=O)O.[LiH].[LiH]. The van der Waals surface area contributed by atoms with Gasteiger partial charge in [0.1, 0.15) is 6.04 Å². The average Bonchev–Trinajstić information content (AvgIpc) is 2.89. The Morgan fingerprint density at radius 1 is 0.825 bits per heavy atom. The van der Waals surface area contributed by atoms with E-state index in [2.05, 4.69) is 0 Å². The molecular formula is C31H40Li2NO5P. The van der Waals surface area contributed by atoms with Crippen LogP contribution in [0.2, 0.25) is 0 Å². The summed E-state index contributed by atoms with van der Waals surface area (Å²) in [6, 6.07) is 25.6. The molecule has 3 aromatic carbocycles. The molecule has 0 bridgehead atoms. The predicted molar refractivity (Wildman–Crippen MR) is 168 cm³/mol. The second kappa shape index (κ2) is 17.1. The second-order valence-corrected chi connectivity index (χ2v) is 12.8. The first kappa shape index (κ1) is 36.0. The van der Waals surface area contributed by atoms with Crippen LogP contribution in [0.25, 0.3) is 11.1 Å². The molecular weight excluding hydrogens is 511 g/mol. The third kappa shape index (κ3) is 10.8. The molecule has 6 nitrogen and oxygen atoms in total. The van der Waals surface area contributed by atoms with Crippen LogP contribution in [0.5, 0.6) is 0 Å². The molecule has 206 valence electrons. The Labute approximate surface area is 262 Å². The van der Waals surface area contributed by atoms with Gasteiger partial charge < -0.3 is 10.00 Å². The first-order valence-corrected chi connectivity index (χ1v) is 15.2. The number of aryl methyl sites for hydroxylation is 1. The third-order valence-electron chi connectivity index (χ3n) is 6.66. The average molecular weight is 552 g/mol. The summed E-state index contributed by atoms with van der Waals surface area (Å²) < 4.78 is 13.2. The van der Waals surface area contributed by atoms with Crippen LogP contribution in [0.15, 0.2) is 84.9 Å². The molecule has 1 amide bonds. The summed E-state index contributed by atoms with van der Waals surface area (Å²) in [5.41, 5.74) is 3.51. The number of anilines is 1. The maximum absolute atomic E-state index is 13.9. The standard InChI is InChI=1S/C31H38NO5P.2Li.2H/c1-23(2)21-28(22-38(36,37)20-10-13-25-11-6-4-7-12-25)30(33)32(24(3)31(34)35)29-18-16-27(17-19-29)26-14-8-5-9-15-26;;;;/h4-9,11-12,14-19,23-24,28H,10,13,20-22H2,1-3H3,(H,34,35)(H,36,37);;;;/t24-,28?;;;;/m0..../s1. The van der Waals surface area contributed by atoms with E-state index in [1.807, 2.05) is 86.6 Å². The van der Waals surface area contributed by atoms with Crippen LogP contribution in [0.1, 0.15) is 39.2 Å². The number of nitrogens with zero attached hydrogens (tertiary/aromatic N) is 1. The van der Waals surface area contributed by atoms with Gasteiger partial charge in [-0.3, -0.25) is 14.3 Å². The van der Waals surface area contributed by atoms with E-state index in [1.54, 1.807) is 12.1 Å². The Kier molecular flexibility index (Phi) is 15.4. The Morgan fingerprint density at radius 2 is 1.35 bits per heavy atom. The van der Waals surface area contributed by atoms with Gasteiger partial charge >= 0.3 is 43.7 Å². The topological polar surface area (TPSA) is 94.9 Å². The van der Waals surface area contributed by atoms with Crippen LogP contribution in [0.3, 0.4) is 0 Å². The number of carbonyl (C=O) groups excluding carboxylic acids is 1. The van der Waals surface area contributed by atoms with E-state index in [4.69, 9.17) is 0 Å². The van der Waals surface area contributed by atoms with E-state index < -0.39 is 31.2 Å². The Morgan fingerprint density at radius 3 is 1.88 bits per heavy atom. The van der Waals surface area contributed by atoms with Crippen LogP contribution in [0, 0.1) is 11.8 Å². The number of benzene rings is 3. The molecule has 0 saturated carbocycles. The summed E-state index contributed by atoms with van der Waals surface area (Å²) in [6.45, 7) is 5.38. The second-order valence-electron chi connectivity index (χ2n) is 10.3. The fraction of sp³-hybridized carbons (Fsp3) is 0.355. The molecule has 3 aromatic rings. The molecule has 0 fully saturated rings. The molecule has 9 heteroatoms. The molecule has 3 rings (SSSR count). The molecule has 0 aliphatic rings. The minimum atomic E-state index is -3.62. The van der Waals surface area contributed by atoms with Gasteiger partial charge in [0.15, 0.2) is 0 Å². The van der Waals surface area contributed by atoms with Crippen molar-refractivity contribution in [2.45, 2.75) is 46.1 Å². The van der Waals surface area contributed by atoms with Crippen molar-refractivity contribution < 1.29 is 24.2 Å². The quantitative estimate of drug-likeness (QED) is 0.218. The van der Waals surface area contributed by atoms with E-state index in [1.165, 1.54) is 11.8 Å². The van der Waals surface area contributed by atoms with Crippen molar-refractivity contribution in [3.63, 3.8) is 0 Å². The predicted octanol–water partition coefficient (Wildman–Crippen LogP) is 5.43. The zero-order valence-electron chi connectivity index (χ0n) is 22.4. The molecule has 0 radical (unpaired) electrons. The van der Waals surface area contributed by atoms with Crippen LogP contribution in [0.4, 0.5) is 5.69 Å². The molecule has 0 aliphatic heterocycles. The fourth-order valence-corrected chi connectivity index (χ4v) is 6.56. The number of hydrogen-bond acceptors (Lipinski definition) is 3. The van der Waals surface area contributed by atoms with E-state index in [0.29, 0.717) is 24.9 Å². The summed E-state index contributed by atoms with van der Waals surface area (Å²) >= 11 is 0. The van der Waals surface area contributed by atoms with Gasteiger partial charge in [0, 0.05) is 23.9 Å². The van der Waals surface area contributed by atoms with Crippen LogP contribution >= 0.6 is 7.37 Å². The summed E-state index contributed by atoms with van der Waals surface area (Å²) in [7, 11) is -3.62. The van der Waals surface area contributed by atoms with Gasteiger partial charge in [-0.05, 0) is 60.9 Å². The van der Waals surface area contributed by atoms with Crippen LogP contribution < -0.4 is 4.90 Å². The van der Waals surface area contributed by atoms with E-state index in [0.717, 1.165) is 16.7 Å². The molecule has 0 saturated heterocycles. The number of amides is 1. The van der Waals surface area contributed by atoms with Gasteiger partial charge in [0.2, 0.25) is 13.3 Å². The van der Waals surface area contributed by atoms with E-state index in [-0.39, 0.29) is 56.0 Å². The Bertz CT molecular complexity index is 1240. The minimum absolute atomic E-state index is 0. The number of carboxylic acids is 1. The molecule has 0 aliphatic carbocycles. The number of hydrogen-bond donors (Lipinski definition) is 2. The van der Waals surface area contributed by atoms with E-state index >= 15 is 0 Å². The Hall–Kier alpha value is -2.02. The zero-order chi connectivity index (χ0) is 27.7. The molecule has 2 unspecified atom stereocenters. The van der Waals surface area contributed by atoms with Gasteiger partial charge in [-0.25, -0.2) is 4.79 Å². The molecule has 40 heavy (non-hydrogen) atoms. The molecule has 3 atom stereocenters. The molecule has 0 spiro atoms. The van der Waals surface area contributed by atoms with Crippen LogP contribution in [-0.4, -0.2) is 78.0 Å². The first-order valence-electron chi connectivity index (χ1n) is 13.1. The number of aliphatic carboxylic acids is 1. The van der Waals surface area contributed by atoms with Gasteiger partial charge in [0.25, 0.3) is 0 Å². The van der Waals surface area contributed by atoms with Gasteiger partial charge in [-0.15, -0.1) is 0 Å². The van der Waals surface area contributed by atoms with E-state index in [9.17, 15) is 24.2 Å². The Balaban J connectivity index is 0.00000400.